The molecule has 0 saturated carbocycles. The summed E-state index contributed by atoms with van der Waals surface area (Å²) in [7, 11) is 1.57. The van der Waals surface area contributed by atoms with Crippen molar-refractivity contribution in [1.82, 2.24) is 10.6 Å². The Morgan fingerprint density at radius 2 is 2.04 bits per heavy atom. The number of ether oxygens (including phenoxy) is 2. The van der Waals surface area contributed by atoms with Gasteiger partial charge in [0.1, 0.15) is 18.3 Å². The smallest absolute Gasteiger partial charge is 0.319 e. The lowest BCUT2D eigenvalue weighted by Crippen LogP contribution is -2.51. The van der Waals surface area contributed by atoms with Crippen molar-refractivity contribution in [3.63, 3.8) is 0 Å². The number of nitrogens with one attached hydrogen (secondary N) is 2. The first-order valence-corrected chi connectivity index (χ1v) is 7.25. The Morgan fingerprint density at radius 3 is 2.65 bits per heavy atom. The van der Waals surface area contributed by atoms with E-state index in [1.165, 1.54) is 0 Å². The molecule has 1 aliphatic rings. The van der Waals surface area contributed by atoms with Gasteiger partial charge in [0.05, 0.1) is 13.2 Å². The van der Waals surface area contributed by atoms with E-state index in [2.05, 4.69) is 17.2 Å². The molecule has 23 heavy (non-hydrogen) atoms. The minimum absolute atomic E-state index is 0.183. The summed E-state index contributed by atoms with van der Waals surface area (Å²) in [5, 5.41) is 5.29. The molecule has 1 fully saturated rings. The fraction of sp³-hybridized carbons (Fsp3) is 0.294. The molecule has 6 heteroatoms. The number of benzene rings is 1. The van der Waals surface area contributed by atoms with Gasteiger partial charge in [-0.15, -0.1) is 0 Å². The summed E-state index contributed by atoms with van der Waals surface area (Å²) < 4.78 is 10.3. The molecule has 0 bridgehead atoms. The molecule has 0 radical (unpaired) electrons. The molecule has 2 atom stereocenters. The largest absolute Gasteiger partial charge is 0.497 e. The third-order valence-corrected chi connectivity index (χ3v) is 3.56. The van der Waals surface area contributed by atoms with Crippen LogP contribution in [0.4, 0.5) is 4.79 Å². The van der Waals surface area contributed by atoms with Crippen LogP contribution >= 0.6 is 0 Å². The molecule has 6 nitrogen and oxygen atoms in total. The quantitative estimate of drug-likeness (QED) is 0.645. The number of hydrogen-bond donors (Lipinski definition) is 2. The van der Waals surface area contributed by atoms with E-state index in [0.29, 0.717) is 11.4 Å². The lowest BCUT2D eigenvalue weighted by atomic mass is 9.89. The molecule has 0 spiro atoms. The second-order valence-electron chi connectivity index (χ2n) is 5.05. The lowest BCUT2D eigenvalue weighted by molar-refractivity contribution is -0.147. The molecule has 2 rings (SSSR count). The molecular weight excluding hydrogens is 296 g/mol. The fourth-order valence-corrected chi connectivity index (χ4v) is 2.37. The van der Waals surface area contributed by atoms with Crippen LogP contribution in [0.1, 0.15) is 18.5 Å². The third-order valence-electron chi connectivity index (χ3n) is 3.56. The van der Waals surface area contributed by atoms with E-state index >= 15 is 0 Å². The SMILES string of the molecule is C=C1NC(=O)N[C@H](c2ccc(OC)cc2)[C@H]1C(=O)OC/C=C/C. The van der Waals surface area contributed by atoms with Gasteiger partial charge in [0.25, 0.3) is 0 Å². The number of carbonyl (C=O) groups excluding carboxylic acids is 2. The third kappa shape index (κ3) is 3.91. The second kappa shape index (κ2) is 7.49. The first-order chi connectivity index (χ1) is 11.1. The maximum Gasteiger partial charge on any atom is 0.319 e. The van der Waals surface area contributed by atoms with Gasteiger partial charge in [-0.25, -0.2) is 4.79 Å². The van der Waals surface area contributed by atoms with Crippen molar-refractivity contribution in [2.24, 2.45) is 5.92 Å². The Bertz CT molecular complexity index is 622. The van der Waals surface area contributed by atoms with Crippen molar-refractivity contribution >= 4 is 12.0 Å². The van der Waals surface area contributed by atoms with Gasteiger partial charge >= 0.3 is 12.0 Å². The summed E-state index contributed by atoms with van der Waals surface area (Å²) in [5.74, 6) is -0.451. The minimum atomic E-state index is -0.702. The molecule has 1 heterocycles. The van der Waals surface area contributed by atoms with E-state index in [9.17, 15) is 9.59 Å². The summed E-state index contributed by atoms with van der Waals surface area (Å²) >= 11 is 0. The highest BCUT2D eigenvalue weighted by atomic mass is 16.5. The normalized spacial score (nSPS) is 20.8. The van der Waals surface area contributed by atoms with Gasteiger partial charge in [0.15, 0.2) is 0 Å². The maximum atomic E-state index is 12.4. The Balaban J connectivity index is 2.25. The molecule has 2 N–H and O–H groups in total. The molecule has 0 aromatic heterocycles. The number of amides is 2. The topological polar surface area (TPSA) is 76.7 Å². The van der Waals surface area contributed by atoms with Crippen molar-refractivity contribution in [1.29, 1.82) is 0 Å². The summed E-state index contributed by atoms with van der Waals surface area (Å²) in [6, 6.07) is 6.21. The predicted octanol–water partition coefficient (Wildman–Crippen LogP) is 2.30. The van der Waals surface area contributed by atoms with Crippen LogP contribution < -0.4 is 15.4 Å². The average Bonchev–Trinajstić information content (AvgIpc) is 2.54. The van der Waals surface area contributed by atoms with Crippen LogP contribution in [0, 0.1) is 5.92 Å². The standard InChI is InChI=1S/C17H20N2O4/c1-4-5-10-23-16(20)14-11(2)18-17(21)19-15(14)12-6-8-13(22-3)9-7-12/h4-9,14-15H,2,10H2,1,3H3,(H2,18,19,21)/b5-4+/t14-,15+/m0/s1. The van der Waals surface area contributed by atoms with E-state index in [1.54, 1.807) is 43.5 Å². The van der Waals surface area contributed by atoms with Gasteiger partial charge in [0, 0.05) is 5.70 Å². The number of esters is 1. The van der Waals surface area contributed by atoms with Gasteiger partial charge in [-0.1, -0.05) is 30.9 Å². The zero-order chi connectivity index (χ0) is 16.8. The minimum Gasteiger partial charge on any atom is -0.497 e. The summed E-state index contributed by atoms with van der Waals surface area (Å²) in [6.07, 6.45) is 3.53. The van der Waals surface area contributed by atoms with Gasteiger partial charge in [-0.3, -0.25) is 4.79 Å². The molecule has 1 aliphatic heterocycles. The van der Waals surface area contributed by atoms with E-state index in [4.69, 9.17) is 9.47 Å². The van der Waals surface area contributed by atoms with E-state index in [0.717, 1.165) is 5.56 Å². The molecular formula is C17H20N2O4. The number of carbonyl (C=O) groups is 2. The molecule has 1 aromatic rings. The molecule has 0 unspecified atom stereocenters. The first kappa shape index (κ1) is 16.6. The Kier molecular flexibility index (Phi) is 5.41. The van der Waals surface area contributed by atoms with E-state index < -0.39 is 24.0 Å². The van der Waals surface area contributed by atoms with Crippen LogP contribution in [0.3, 0.4) is 0 Å². The number of rotatable bonds is 5. The van der Waals surface area contributed by atoms with Crippen molar-refractivity contribution < 1.29 is 19.1 Å². The Morgan fingerprint density at radius 1 is 1.35 bits per heavy atom. The number of methoxy groups -OCH3 is 1. The number of hydrogen-bond acceptors (Lipinski definition) is 4. The molecule has 1 aromatic carbocycles. The molecule has 2 amide bonds. The van der Waals surface area contributed by atoms with Crippen molar-refractivity contribution in [3.05, 3.63) is 54.3 Å². The van der Waals surface area contributed by atoms with Gasteiger partial charge in [-0.05, 0) is 24.6 Å². The molecule has 122 valence electrons. The summed E-state index contributed by atoms with van der Waals surface area (Å²) in [4.78, 5) is 24.1. The summed E-state index contributed by atoms with van der Waals surface area (Å²) in [5.41, 5.74) is 1.09. The highest BCUT2D eigenvalue weighted by molar-refractivity contribution is 5.85. The molecule has 1 saturated heterocycles. The van der Waals surface area contributed by atoms with Crippen LogP contribution in [0.5, 0.6) is 5.75 Å². The zero-order valence-corrected chi connectivity index (χ0v) is 13.2. The molecule has 0 aliphatic carbocycles. The number of allylic oxidation sites excluding steroid dienone is 1. The predicted molar refractivity (Wildman–Crippen MR) is 85.8 cm³/mol. The van der Waals surface area contributed by atoms with Crippen LogP contribution in [-0.4, -0.2) is 25.7 Å². The highest BCUT2D eigenvalue weighted by Crippen LogP contribution is 2.31. The van der Waals surface area contributed by atoms with Crippen LogP contribution in [-0.2, 0) is 9.53 Å². The van der Waals surface area contributed by atoms with Crippen molar-refractivity contribution in [2.75, 3.05) is 13.7 Å². The Hall–Kier alpha value is -2.76. The average molecular weight is 316 g/mol. The Labute approximate surface area is 135 Å². The zero-order valence-electron chi connectivity index (χ0n) is 13.2. The van der Waals surface area contributed by atoms with Crippen molar-refractivity contribution in [2.45, 2.75) is 13.0 Å². The summed E-state index contributed by atoms with van der Waals surface area (Å²) in [6.45, 7) is 5.81. The first-order valence-electron chi connectivity index (χ1n) is 7.25. The second-order valence-corrected chi connectivity index (χ2v) is 5.05. The maximum absolute atomic E-state index is 12.4. The van der Waals surface area contributed by atoms with Gasteiger partial charge < -0.3 is 20.1 Å². The van der Waals surface area contributed by atoms with Crippen LogP contribution in [0.25, 0.3) is 0 Å². The van der Waals surface area contributed by atoms with Crippen LogP contribution in [0.2, 0.25) is 0 Å². The van der Waals surface area contributed by atoms with Gasteiger partial charge in [-0.2, -0.15) is 0 Å². The van der Waals surface area contributed by atoms with E-state index in [-0.39, 0.29) is 6.61 Å². The fourth-order valence-electron chi connectivity index (χ4n) is 2.37. The van der Waals surface area contributed by atoms with Crippen molar-refractivity contribution in [3.8, 4) is 5.75 Å². The van der Waals surface area contributed by atoms with Gasteiger partial charge in [0.2, 0.25) is 0 Å². The number of urea groups is 1. The monoisotopic (exact) mass is 316 g/mol. The van der Waals surface area contributed by atoms with E-state index in [1.807, 2.05) is 6.92 Å². The highest BCUT2D eigenvalue weighted by Gasteiger charge is 2.38. The lowest BCUT2D eigenvalue weighted by Gasteiger charge is -2.33. The van der Waals surface area contributed by atoms with Crippen LogP contribution in [0.15, 0.2) is 48.7 Å².